The standard InChI is InChI=1S/C13H13BrN4O/c1-9-15-16-12-8-17(6-7-18(9)12)13(19)10-2-4-11(14)5-3-10/h2-5H,6-8H2,1H3. The monoisotopic (exact) mass is 320 g/mol. The largest absolute Gasteiger partial charge is 0.329 e. The minimum atomic E-state index is 0.0411. The highest BCUT2D eigenvalue weighted by atomic mass is 79.9. The minimum absolute atomic E-state index is 0.0411. The fourth-order valence-corrected chi connectivity index (χ4v) is 2.52. The van der Waals surface area contributed by atoms with Crippen molar-refractivity contribution in [1.29, 1.82) is 0 Å². The van der Waals surface area contributed by atoms with Gasteiger partial charge in [0.25, 0.3) is 5.91 Å². The Kier molecular flexibility index (Phi) is 3.10. The summed E-state index contributed by atoms with van der Waals surface area (Å²) in [5, 5.41) is 8.15. The number of rotatable bonds is 1. The normalized spacial score (nSPS) is 14.3. The van der Waals surface area contributed by atoms with Crippen molar-refractivity contribution in [2.24, 2.45) is 0 Å². The topological polar surface area (TPSA) is 51.0 Å². The molecule has 2 heterocycles. The number of fused-ring (bicyclic) bond motifs is 1. The first-order chi connectivity index (χ1) is 9.15. The van der Waals surface area contributed by atoms with E-state index < -0.39 is 0 Å². The van der Waals surface area contributed by atoms with E-state index in [1.807, 2.05) is 36.1 Å². The molecule has 0 unspecified atom stereocenters. The van der Waals surface area contributed by atoms with Crippen LogP contribution in [0.15, 0.2) is 28.7 Å². The van der Waals surface area contributed by atoms with Gasteiger partial charge in [0.1, 0.15) is 5.82 Å². The Morgan fingerprint density at radius 2 is 1.95 bits per heavy atom. The first kappa shape index (κ1) is 12.3. The average molecular weight is 321 g/mol. The van der Waals surface area contributed by atoms with Crippen LogP contribution in [0.25, 0.3) is 0 Å². The zero-order chi connectivity index (χ0) is 13.4. The van der Waals surface area contributed by atoms with E-state index in [1.165, 1.54) is 0 Å². The fraction of sp³-hybridized carbons (Fsp3) is 0.308. The number of carbonyl (C=O) groups is 1. The number of carbonyl (C=O) groups excluding carboxylic acids is 1. The molecule has 0 saturated heterocycles. The Bertz CT molecular complexity index is 620. The molecule has 3 rings (SSSR count). The number of benzene rings is 1. The second-order valence-electron chi connectivity index (χ2n) is 4.55. The second-order valence-corrected chi connectivity index (χ2v) is 5.46. The van der Waals surface area contributed by atoms with Crippen LogP contribution in [-0.4, -0.2) is 32.1 Å². The molecule has 0 aliphatic carbocycles. The van der Waals surface area contributed by atoms with E-state index in [0.29, 0.717) is 18.7 Å². The predicted octanol–water partition coefficient (Wildman–Crippen LogP) is 2.01. The molecule has 5 nitrogen and oxygen atoms in total. The highest BCUT2D eigenvalue weighted by Crippen LogP contribution is 2.16. The lowest BCUT2D eigenvalue weighted by Gasteiger charge is -2.27. The van der Waals surface area contributed by atoms with E-state index in [0.717, 1.165) is 22.7 Å². The van der Waals surface area contributed by atoms with Gasteiger partial charge in [0.15, 0.2) is 5.82 Å². The van der Waals surface area contributed by atoms with Gasteiger partial charge in [0.2, 0.25) is 0 Å². The Balaban J connectivity index is 1.81. The molecule has 1 aromatic heterocycles. The minimum Gasteiger partial charge on any atom is -0.329 e. The molecule has 0 atom stereocenters. The molecule has 0 bridgehead atoms. The van der Waals surface area contributed by atoms with E-state index in [2.05, 4.69) is 30.7 Å². The van der Waals surface area contributed by atoms with Crippen LogP contribution in [0.1, 0.15) is 22.0 Å². The lowest BCUT2D eigenvalue weighted by molar-refractivity contribution is 0.0706. The third-order valence-electron chi connectivity index (χ3n) is 3.32. The van der Waals surface area contributed by atoms with Crippen molar-refractivity contribution in [2.75, 3.05) is 6.54 Å². The van der Waals surface area contributed by atoms with Crippen molar-refractivity contribution in [2.45, 2.75) is 20.0 Å². The van der Waals surface area contributed by atoms with Gasteiger partial charge < -0.3 is 9.47 Å². The summed E-state index contributed by atoms with van der Waals surface area (Å²) in [5.74, 6) is 1.80. The molecule has 98 valence electrons. The van der Waals surface area contributed by atoms with Gasteiger partial charge in [-0.3, -0.25) is 4.79 Å². The van der Waals surface area contributed by atoms with E-state index in [4.69, 9.17) is 0 Å². The summed E-state index contributed by atoms with van der Waals surface area (Å²) >= 11 is 3.37. The summed E-state index contributed by atoms with van der Waals surface area (Å²) in [4.78, 5) is 14.2. The van der Waals surface area contributed by atoms with E-state index >= 15 is 0 Å². The second kappa shape index (κ2) is 4.77. The molecular weight excluding hydrogens is 308 g/mol. The molecule has 1 aliphatic rings. The molecule has 19 heavy (non-hydrogen) atoms. The van der Waals surface area contributed by atoms with Crippen molar-refractivity contribution in [3.8, 4) is 0 Å². The SMILES string of the molecule is Cc1nnc2n1CCN(C(=O)c1ccc(Br)cc1)C2. The van der Waals surface area contributed by atoms with Crippen LogP contribution in [-0.2, 0) is 13.1 Å². The van der Waals surface area contributed by atoms with Crippen LogP contribution in [0.2, 0.25) is 0 Å². The molecule has 0 N–H and O–H groups in total. The zero-order valence-corrected chi connectivity index (χ0v) is 12.1. The van der Waals surface area contributed by atoms with Gasteiger partial charge in [-0.15, -0.1) is 10.2 Å². The summed E-state index contributed by atoms with van der Waals surface area (Å²) in [5.41, 5.74) is 0.702. The number of nitrogens with zero attached hydrogens (tertiary/aromatic N) is 4. The highest BCUT2D eigenvalue weighted by Gasteiger charge is 2.23. The molecule has 0 saturated carbocycles. The van der Waals surface area contributed by atoms with Crippen LogP contribution < -0.4 is 0 Å². The van der Waals surface area contributed by atoms with Gasteiger partial charge >= 0.3 is 0 Å². The first-order valence-corrected chi connectivity index (χ1v) is 6.88. The van der Waals surface area contributed by atoms with Gasteiger partial charge in [-0.25, -0.2) is 0 Å². The van der Waals surface area contributed by atoms with Crippen molar-refractivity contribution in [1.82, 2.24) is 19.7 Å². The number of aryl methyl sites for hydroxylation is 1. The van der Waals surface area contributed by atoms with Crippen molar-refractivity contribution in [3.63, 3.8) is 0 Å². The van der Waals surface area contributed by atoms with Gasteiger partial charge in [-0.2, -0.15) is 0 Å². The van der Waals surface area contributed by atoms with Crippen LogP contribution in [0.3, 0.4) is 0 Å². The van der Waals surface area contributed by atoms with E-state index in [9.17, 15) is 4.79 Å². The molecule has 6 heteroatoms. The molecule has 2 aromatic rings. The third-order valence-corrected chi connectivity index (χ3v) is 3.85. The lowest BCUT2D eigenvalue weighted by Crippen LogP contribution is -2.38. The molecule has 0 spiro atoms. The molecule has 0 fully saturated rings. The summed E-state index contributed by atoms with van der Waals surface area (Å²) in [7, 11) is 0. The zero-order valence-electron chi connectivity index (χ0n) is 10.5. The number of amides is 1. The fourth-order valence-electron chi connectivity index (χ4n) is 2.25. The third kappa shape index (κ3) is 2.28. The highest BCUT2D eigenvalue weighted by molar-refractivity contribution is 9.10. The molecule has 1 aliphatic heterocycles. The number of halogens is 1. The molecular formula is C13H13BrN4O. The maximum Gasteiger partial charge on any atom is 0.254 e. The quantitative estimate of drug-likeness (QED) is 0.807. The van der Waals surface area contributed by atoms with Crippen molar-refractivity contribution >= 4 is 21.8 Å². The number of aromatic nitrogens is 3. The maximum atomic E-state index is 12.4. The van der Waals surface area contributed by atoms with Gasteiger partial charge in [-0.05, 0) is 31.2 Å². The van der Waals surface area contributed by atoms with Crippen molar-refractivity contribution < 1.29 is 4.79 Å². The summed E-state index contributed by atoms with van der Waals surface area (Å²) in [6, 6.07) is 7.42. The number of hydrogen-bond donors (Lipinski definition) is 0. The lowest BCUT2D eigenvalue weighted by atomic mass is 10.2. The first-order valence-electron chi connectivity index (χ1n) is 6.08. The average Bonchev–Trinajstić information content (AvgIpc) is 2.80. The Labute approximate surface area is 119 Å². The maximum absolute atomic E-state index is 12.4. The van der Waals surface area contributed by atoms with Crippen LogP contribution in [0.4, 0.5) is 0 Å². The van der Waals surface area contributed by atoms with E-state index in [-0.39, 0.29) is 5.91 Å². The van der Waals surface area contributed by atoms with Gasteiger partial charge in [0.05, 0.1) is 6.54 Å². The molecule has 1 amide bonds. The Hall–Kier alpha value is -1.69. The van der Waals surface area contributed by atoms with Gasteiger partial charge in [0, 0.05) is 23.1 Å². The Morgan fingerprint density at radius 3 is 2.68 bits per heavy atom. The predicted molar refractivity (Wildman–Crippen MR) is 73.6 cm³/mol. The van der Waals surface area contributed by atoms with Crippen LogP contribution in [0, 0.1) is 6.92 Å². The summed E-state index contributed by atoms with van der Waals surface area (Å²) in [6.07, 6.45) is 0. The summed E-state index contributed by atoms with van der Waals surface area (Å²) < 4.78 is 3.03. The van der Waals surface area contributed by atoms with Crippen molar-refractivity contribution in [3.05, 3.63) is 46.0 Å². The Morgan fingerprint density at radius 1 is 1.21 bits per heavy atom. The smallest absolute Gasteiger partial charge is 0.254 e. The van der Waals surface area contributed by atoms with Crippen LogP contribution >= 0.6 is 15.9 Å². The molecule has 0 radical (unpaired) electrons. The van der Waals surface area contributed by atoms with E-state index in [1.54, 1.807) is 0 Å². The number of hydrogen-bond acceptors (Lipinski definition) is 3. The van der Waals surface area contributed by atoms with Gasteiger partial charge in [-0.1, -0.05) is 15.9 Å². The van der Waals surface area contributed by atoms with Crippen LogP contribution in [0.5, 0.6) is 0 Å². The summed E-state index contributed by atoms with van der Waals surface area (Å²) in [6.45, 7) is 3.91. The molecule has 1 aromatic carbocycles.